The molecule has 0 heterocycles. The highest BCUT2D eigenvalue weighted by molar-refractivity contribution is 7.99. The van der Waals surface area contributed by atoms with Gasteiger partial charge in [-0.05, 0) is 35.4 Å². The summed E-state index contributed by atoms with van der Waals surface area (Å²) >= 11 is 25.5. The Morgan fingerprint density at radius 1 is 1.00 bits per heavy atom. The molecule has 2 aromatic rings. The average Bonchev–Trinajstić information content (AvgIpc) is 2.49. The van der Waals surface area contributed by atoms with Crippen molar-refractivity contribution in [2.45, 2.75) is 12.3 Å². The molecule has 2 rings (SSSR count). The van der Waals surface area contributed by atoms with Crippen molar-refractivity contribution in [3.05, 3.63) is 67.6 Å². The first kappa shape index (κ1) is 18.8. The third-order valence-corrected chi connectivity index (χ3v) is 5.29. The van der Waals surface area contributed by atoms with Crippen molar-refractivity contribution in [3.8, 4) is 0 Å². The molecule has 0 fully saturated rings. The fraction of sp³-hybridized carbons (Fsp3) is 0.188. The molecule has 2 nitrogen and oxygen atoms in total. The Bertz CT molecular complexity index is 688. The van der Waals surface area contributed by atoms with Gasteiger partial charge in [-0.1, -0.05) is 58.5 Å². The average molecular weight is 409 g/mol. The van der Waals surface area contributed by atoms with Crippen LogP contribution in [0.1, 0.15) is 11.1 Å². The van der Waals surface area contributed by atoms with Gasteiger partial charge in [0, 0.05) is 32.4 Å². The minimum atomic E-state index is -0.0795. The van der Waals surface area contributed by atoms with Crippen LogP contribution >= 0.6 is 58.2 Å². The van der Waals surface area contributed by atoms with E-state index in [1.165, 1.54) is 11.8 Å². The number of nitrogens with one attached hydrogen (secondary N) is 1. The van der Waals surface area contributed by atoms with Crippen LogP contribution in [0.25, 0.3) is 0 Å². The molecule has 0 unspecified atom stereocenters. The SMILES string of the molecule is O=C(CSCc1c(Cl)cccc1Cl)NCc1ccc(Cl)cc1Cl. The molecule has 23 heavy (non-hydrogen) atoms. The first-order chi connectivity index (χ1) is 11.0. The first-order valence-electron chi connectivity index (χ1n) is 6.68. The fourth-order valence-electron chi connectivity index (χ4n) is 1.83. The molecule has 2 aromatic carbocycles. The Labute approximate surface area is 159 Å². The van der Waals surface area contributed by atoms with E-state index in [1.807, 2.05) is 0 Å². The van der Waals surface area contributed by atoms with E-state index in [0.717, 1.165) is 11.1 Å². The second-order valence-corrected chi connectivity index (χ2v) is 7.35. The Morgan fingerprint density at radius 3 is 2.35 bits per heavy atom. The van der Waals surface area contributed by atoms with E-state index in [9.17, 15) is 4.79 Å². The zero-order valence-corrected chi connectivity index (χ0v) is 15.8. The summed E-state index contributed by atoms with van der Waals surface area (Å²) in [5.74, 6) is 0.810. The molecule has 0 radical (unpaired) electrons. The second kappa shape index (κ2) is 9.05. The van der Waals surface area contributed by atoms with Gasteiger partial charge in [-0.2, -0.15) is 0 Å². The number of halogens is 4. The largest absolute Gasteiger partial charge is 0.351 e. The van der Waals surface area contributed by atoms with Crippen molar-refractivity contribution < 1.29 is 4.79 Å². The van der Waals surface area contributed by atoms with Gasteiger partial charge in [-0.15, -0.1) is 11.8 Å². The molecule has 1 N–H and O–H groups in total. The van der Waals surface area contributed by atoms with Crippen LogP contribution in [0, 0.1) is 0 Å². The highest BCUT2D eigenvalue weighted by Gasteiger charge is 2.08. The van der Waals surface area contributed by atoms with Gasteiger partial charge in [0.25, 0.3) is 0 Å². The lowest BCUT2D eigenvalue weighted by Crippen LogP contribution is -2.24. The predicted octanol–water partition coefficient (Wildman–Crippen LogP) is 5.85. The van der Waals surface area contributed by atoms with Crippen LogP contribution in [0.5, 0.6) is 0 Å². The molecule has 0 aromatic heterocycles. The minimum absolute atomic E-state index is 0.0795. The lowest BCUT2D eigenvalue weighted by Gasteiger charge is -2.08. The van der Waals surface area contributed by atoms with Crippen molar-refractivity contribution in [1.29, 1.82) is 0 Å². The number of hydrogen-bond acceptors (Lipinski definition) is 2. The van der Waals surface area contributed by atoms with E-state index in [2.05, 4.69) is 5.32 Å². The zero-order chi connectivity index (χ0) is 16.8. The smallest absolute Gasteiger partial charge is 0.230 e. The number of rotatable bonds is 6. The summed E-state index contributed by atoms with van der Waals surface area (Å²) < 4.78 is 0. The molecule has 0 atom stereocenters. The number of thioether (sulfide) groups is 1. The molecular weight excluding hydrogens is 396 g/mol. The molecule has 0 spiro atoms. The van der Waals surface area contributed by atoms with Gasteiger partial charge in [-0.25, -0.2) is 0 Å². The fourth-order valence-corrected chi connectivity index (χ4v) is 3.90. The summed E-state index contributed by atoms with van der Waals surface area (Å²) in [6.07, 6.45) is 0. The summed E-state index contributed by atoms with van der Waals surface area (Å²) in [5.41, 5.74) is 1.66. The van der Waals surface area contributed by atoms with E-state index in [4.69, 9.17) is 46.4 Å². The molecule has 1 amide bonds. The highest BCUT2D eigenvalue weighted by atomic mass is 35.5. The summed E-state index contributed by atoms with van der Waals surface area (Å²) in [4.78, 5) is 11.9. The molecule has 0 aliphatic rings. The quantitative estimate of drug-likeness (QED) is 0.649. The van der Waals surface area contributed by atoms with Gasteiger partial charge in [0.2, 0.25) is 5.91 Å². The van der Waals surface area contributed by atoms with Crippen LogP contribution in [0.15, 0.2) is 36.4 Å². The number of amides is 1. The summed E-state index contributed by atoms with van der Waals surface area (Å²) in [6, 6.07) is 10.5. The van der Waals surface area contributed by atoms with Crippen LogP contribution < -0.4 is 5.32 Å². The number of hydrogen-bond donors (Lipinski definition) is 1. The van der Waals surface area contributed by atoms with Crippen LogP contribution in [0.4, 0.5) is 0 Å². The van der Waals surface area contributed by atoms with Crippen LogP contribution in [-0.4, -0.2) is 11.7 Å². The standard InChI is InChI=1S/C16H13Cl4NOS/c17-11-5-4-10(15(20)6-11)7-21-16(22)9-23-8-12-13(18)2-1-3-14(12)19/h1-6H,7-9H2,(H,21,22). The van der Waals surface area contributed by atoms with Gasteiger partial charge in [0.05, 0.1) is 5.75 Å². The van der Waals surface area contributed by atoms with Gasteiger partial charge >= 0.3 is 0 Å². The number of carbonyl (C=O) groups is 1. The normalized spacial score (nSPS) is 10.6. The maximum Gasteiger partial charge on any atom is 0.230 e. The van der Waals surface area contributed by atoms with Crippen molar-refractivity contribution in [1.82, 2.24) is 5.32 Å². The Kier molecular flexibility index (Phi) is 7.38. The van der Waals surface area contributed by atoms with Crippen LogP contribution in [0.2, 0.25) is 20.1 Å². The molecular formula is C16H13Cl4NOS. The molecule has 0 bridgehead atoms. The monoisotopic (exact) mass is 407 g/mol. The third-order valence-electron chi connectivity index (χ3n) is 3.03. The lowest BCUT2D eigenvalue weighted by atomic mass is 10.2. The van der Waals surface area contributed by atoms with Crippen LogP contribution in [-0.2, 0) is 17.1 Å². The van der Waals surface area contributed by atoms with Gasteiger partial charge in [0.1, 0.15) is 0 Å². The van der Waals surface area contributed by atoms with Crippen molar-refractivity contribution >= 4 is 64.1 Å². The molecule has 0 aliphatic heterocycles. The molecule has 122 valence electrons. The summed E-state index contributed by atoms with van der Waals surface area (Å²) in [7, 11) is 0. The van der Waals surface area contributed by atoms with E-state index >= 15 is 0 Å². The molecule has 0 saturated heterocycles. The van der Waals surface area contributed by atoms with Gasteiger partial charge in [0.15, 0.2) is 0 Å². The van der Waals surface area contributed by atoms with Crippen LogP contribution in [0.3, 0.4) is 0 Å². The number of benzene rings is 2. The second-order valence-electron chi connectivity index (χ2n) is 4.71. The lowest BCUT2D eigenvalue weighted by molar-refractivity contribution is -0.118. The van der Waals surface area contributed by atoms with E-state index in [1.54, 1.807) is 36.4 Å². The Balaban J connectivity index is 1.79. The highest BCUT2D eigenvalue weighted by Crippen LogP contribution is 2.28. The first-order valence-corrected chi connectivity index (χ1v) is 9.35. The van der Waals surface area contributed by atoms with E-state index in [-0.39, 0.29) is 5.91 Å². The number of carbonyl (C=O) groups excluding carboxylic acids is 1. The molecule has 7 heteroatoms. The maximum absolute atomic E-state index is 11.9. The molecule has 0 saturated carbocycles. The topological polar surface area (TPSA) is 29.1 Å². The van der Waals surface area contributed by atoms with Crippen molar-refractivity contribution in [2.75, 3.05) is 5.75 Å². The van der Waals surface area contributed by atoms with Gasteiger partial charge in [-0.3, -0.25) is 4.79 Å². The summed E-state index contributed by atoms with van der Waals surface area (Å²) in [5, 5.41) is 5.14. The Hall–Kier alpha value is -0.580. The maximum atomic E-state index is 11.9. The van der Waals surface area contributed by atoms with E-state index in [0.29, 0.717) is 38.1 Å². The van der Waals surface area contributed by atoms with Gasteiger partial charge < -0.3 is 5.32 Å². The summed E-state index contributed by atoms with van der Waals surface area (Å²) in [6.45, 7) is 0.363. The van der Waals surface area contributed by atoms with Crippen molar-refractivity contribution in [3.63, 3.8) is 0 Å². The molecule has 0 aliphatic carbocycles. The van der Waals surface area contributed by atoms with Crippen molar-refractivity contribution in [2.24, 2.45) is 0 Å². The third kappa shape index (κ3) is 5.77. The minimum Gasteiger partial charge on any atom is -0.351 e. The Morgan fingerprint density at radius 2 is 1.70 bits per heavy atom. The zero-order valence-electron chi connectivity index (χ0n) is 11.9. The predicted molar refractivity (Wildman–Crippen MR) is 101 cm³/mol. The van der Waals surface area contributed by atoms with E-state index < -0.39 is 0 Å².